The molecular weight excluding hydrogens is 307 g/mol. The lowest BCUT2D eigenvalue weighted by molar-refractivity contribution is -0.137. The molecule has 0 unspecified atom stereocenters. The summed E-state index contributed by atoms with van der Waals surface area (Å²) in [5, 5.41) is 8.40. The summed E-state index contributed by atoms with van der Waals surface area (Å²) in [4.78, 5) is 12.0. The van der Waals surface area contributed by atoms with Gasteiger partial charge in [0.25, 0.3) is 5.91 Å². The predicted octanol–water partition coefficient (Wildman–Crippen LogP) is 3.95. The summed E-state index contributed by atoms with van der Waals surface area (Å²) in [5.74, 6) is -0.590. The molecule has 2 N–H and O–H groups in total. The van der Waals surface area contributed by atoms with Gasteiger partial charge in [-0.2, -0.15) is 18.3 Å². The van der Waals surface area contributed by atoms with Crippen LogP contribution in [0.1, 0.15) is 27.3 Å². The topological polar surface area (TPSA) is 57.8 Å². The third-order valence-corrected chi connectivity index (χ3v) is 3.33. The van der Waals surface area contributed by atoms with Crippen molar-refractivity contribution in [1.29, 1.82) is 0 Å². The Bertz CT molecular complexity index is 694. The first kappa shape index (κ1) is 15.4. The van der Waals surface area contributed by atoms with Crippen LogP contribution in [0, 0.1) is 13.8 Å². The van der Waals surface area contributed by atoms with Gasteiger partial charge in [0.2, 0.25) is 0 Å². The Kier molecular flexibility index (Phi) is 3.95. The zero-order valence-corrected chi connectivity index (χ0v) is 11.9. The number of benzene rings is 1. The summed E-state index contributed by atoms with van der Waals surface area (Å²) >= 11 is 5.51. The van der Waals surface area contributed by atoms with E-state index >= 15 is 0 Å². The Labute approximate surface area is 123 Å². The molecule has 112 valence electrons. The highest BCUT2D eigenvalue weighted by molar-refractivity contribution is 6.31. The summed E-state index contributed by atoms with van der Waals surface area (Å²) in [5.41, 5.74) is 0.481. The Balaban J connectivity index is 2.28. The third kappa shape index (κ3) is 3.18. The van der Waals surface area contributed by atoms with E-state index < -0.39 is 22.7 Å². The highest BCUT2D eigenvalue weighted by Gasteiger charge is 2.33. The fraction of sp³-hybridized carbons (Fsp3) is 0.231. The van der Waals surface area contributed by atoms with Crippen LogP contribution in [0.4, 0.5) is 18.9 Å². The van der Waals surface area contributed by atoms with Gasteiger partial charge in [-0.1, -0.05) is 11.6 Å². The van der Waals surface area contributed by atoms with Gasteiger partial charge < -0.3 is 5.32 Å². The first-order valence-corrected chi connectivity index (χ1v) is 6.27. The lowest BCUT2D eigenvalue weighted by Gasteiger charge is -2.11. The van der Waals surface area contributed by atoms with E-state index in [9.17, 15) is 18.0 Å². The Morgan fingerprint density at radius 2 is 2.00 bits per heavy atom. The zero-order valence-electron chi connectivity index (χ0n) is 11.1. The second kappa shape index (κ2) is 5.40. The number of hydrogen-bond acceptors (Lipinski definition) is 2. The molecule has 0 aliphatic carbocycles. The minimum absolute atomic E-state index is 0.00298. The number of rotatable bonds is 2. The standard InChI is InChI=1S/C13H11ClF3N3O/c1-6-7(2)19-20-11(6)12(21)18-8-3-4-10(14)9(5-8)13(15,16)17/h3-5H,1-2H3,(H,18,21)(H,19,20). The van der Waals surface area contributed by atoms with E-state index in [0.717, 1.165) is 12.1 Å². The van der Waals surface area contributed by atoms with Gasteiger partial charge >= 0.3 is 6.18 Å². The minimum Gasteiger partial charge on any atom is -0.321 e. The van der Waals surface area contributed by atoms with Gasteiger partial charge in [0.1, 0.15) is 0 Å². The molecule has 1 amide bonds. The van der Waals surface area contributed by atoms with Crippen LogP contribution in [0.15, 0.2) is 18.2 Å². The van der Waals surface area contributed by atoms with Gasteiger partial charge in [0.15, 0.2) is 5.69 Å². The van der Waals surface area contributed by atoms with E-state index in [1.54, 1.807) is 13.8 Å². The maximum atomic E-state index is 12.7. The molecule has 0 saturated heterocycles. The first-order valence-electron chi connectivity index (χ1n) is 5.90. The molecule has 1 aromatic heterocycles. The molecule has 0 spiro atoms. The number of aromatic amines is 1. The Morgan fingerprint density at radius 1 is 1.33 bits per heavy atom. The highest BCUT2D eigenvalue weighted by Crippen LogP contribution is 2.36. The molecule has 0 bridgehead atoms. The van der Waals surface area contributed by atoms with Crippen LogP contribution in [-0.4, -0.2) is 16.1 Å². The molecular formula is C13H11ClF3N3O. The van der Waals surface area contributed by atoms with Gasteiger partial charge in [0, 0.05) is 16.9 Å². The number of H-pyrrole nitrogens is 1. The van der Waals surface area contributed by atoms with Crippen LogP contribution < -0.4 is 5.32 Å². The van der Waals surface area contributed by atoms with Crippen molar-refractivity contribution in [2.75, 3.05) is 5.32 Å². The van der Waals surface area contributed by atoms with Gasteiger partial charge in [-0.3, -0.25) is 9.89 Å². The van der Waals surface area contributed by atoms with E-state index in [-0.39, 0.29) is 11.4 Å². The number of halogens is 4. The summed E-state index contributed by atoms with van der Waals surface area (Å²) in [6.07, 6.45) is -4.59. The quantitative estimate of drug-likeness (QED) is 0.881. The number of aromatic nitrogens is 2. The van der Waals surface area contributed by atoms with Crippen molar-refractivity contribution in [2.24, 2.45) is 0 Å². The van der Waals surface area contributed by atoms with E-state index in [1.165, 1.54) is 6.07 Å². The molecule has 8 heteroatoms. The molecule has 4 nitrogen and oxygen atoms in total. The second-order valence-electron chi connectivity index (χ2n) is 4.47. The summed E-state index contributed by atoms with van der Waals surface area (Å²) in [7, 11) is 0. The van der Waals surface area contributed by atoms with E-state index in [1.807, 2.05) is 0 Å². The summed E-state index contributed by atoms with van der Waals surface area (Å²) < 4.78 is 38.2. The monoisotopic (exact) mass is 317 g/mol. The molecule has 0 aliphatic rings. The molecule has 2 rings (SSSR count). The largest absolute Gasteiger partial charge is 0.417 e. The van der Waals surface area contributed by atoms with E-state index in [4.69, 9.17) is 11.6 Å². The van der Waals surface area contributed by atoms with Crippen molar-refractivity contribution < 1.29 is 18.0 Å². The number of alkyl halides is 3. The summed E-state index contributed by atoms with van der Waals surface area (Å²) in [6, 6.07) is 3.17. The fourth-order valence-electron chi connectivity index (χ4n) is 1.72. The van der Waals surface area contributed by atoms with Crippen molar-refractivity contribution in [3.63, 3.8) is 0 Å². The number of nitrogens with one attached hydrogen (secondary N) is 2. The lowest BCUT2D eigenvalue weighted by Crippen LogP contribution is -2.15. The lowest BCUT2D eigenvalue weighted by atomic mass is 10.1. The van der Waals surface area contributed by atoms with E-state index in [2.05, 4.69) is 15.5 Å². The van der Waals surface area contributed by atoms with Gasteiger partial charge in [-0.05, 0) is 32.0 Å². The average molecular weight is 318 g/mol. The molecule has 0 atom stereocenters. The first-order chi connectivity index (χ1) is 9.70. The van der Waals surface area contributed by atoms with Crippen LogP contribution in [-0.2, 0) is 6.18 Å². The molecule has 0 radical (unpaired) electrons. The van der Waals surface area contributed by atoms with Crippen LogP contribution >= 0.6 is 11.6 Å². The van der Waals surface area contributed by atoms with Crippen molar-refractivity contribution in [3.05, 3.63) is 45.7 Å². The number of hydrogen-bond donors (Lipinski definition) is 2. The second-order valence-corrected chi connectivity index (χ2v) is 4.88. The van der Waals surface area contributed by atoms with Crippen LogP contribution in [0.3, 0.4) is 0 Å². The number of carbonyl (C=O) groups is 1. The molecule has 1 aromatic carbocycles. The number of amides is 1. The maximum absolute atomic E-state index is 12.7. The van der Waals surface area contributed by atoms with Crippen LogP contribution in [0.5, 0.6) is 0 Å². The zero-order chi connectivity index (χ0) is 15.8. The average Bonchev–Trinajstić information content (AvgIpc) is 2.71. The van der Waals surface area contributed by atoms with Gasteiger partial charge in [0.05, 0.1) is 10.6 Å². The molecule has 21 heavy (non-hydrogen) atoms. The van der Waals surface area contributed by atoms with Crippen molar-refractivity contribution in [3.8, 4) is 0 Å². The molecule has 0 saturated carbocycles. The van der Waals surface area contributed by atoms with Crippen LogP contribution in [0.2, 0.25) is 5.02 Å². The molecule has 2 aromatic rings. The van der Waals surface area contributed by atoms with Crippen molar-refractivity contribution in [2.45, 2.75) is 20.0 Å². The smallest absolute Gasteiger partial charge is 0.321 e. The number of anilines is 1. The number of carbonyl (C=O) groups excluding carboxylic acids is 1. The fourth-order valence-corrected chi connectivity index (χ4v) is 1.94. The molecule has 0 fully saturated rings. The third-order valence-electron chi connectivity index (χ3n) is 3.00. The summed E-state index contributed by atoms with van der Waals surface area (Å²) in [6.45, 7) is 3.43. The molecule has 1 heterocycles. The van der Waals surface area contributed by atoms with Crippen molar-refractivity contribution in [1.82, 2.24) is 10.2 Å². The maximum Gasteiger partial charge on any atom is 0.417 e. The number of nitrogens with zero attached hydrogens (tertiary/aromatic N) is 1. The Morgan fingerprint density at radius 3 is 2.52 bits per heavy atom. The Hall–Kier alpha value is -2.02. The van der Waals surface area contributed by atoms with Crippen molar-refractivity contribution >= 4 is 23.2 Å². The number of aryl methyl sites for hydroxylation is 1. The SMILES string of the molecule is Cc1[nH]nc(C(=O)Nc2ccc(Cl)c(C(F)(F)F)c2)c1C. The van der Waals surface area contributed by atoms with Gasteiger partial charge in [-0.15, -0.1) is 0 Å². The molecule has 0 aliphatic heterocycles. The normalized spacial score (nSPS) is 11.5. The van der Waals surface area contributed by atoms with E-state index in [0.29, 0.717) is 11.3 Å². The minimum atomic E-state index is -4.59. The highest BCUT2D eigenvalue weighted by atomic mass is 35.5. The predicted molar refractivity (Wildman–Crippen MR) is 72.5 cm³/mol. The van der Waals surface area contributed by atoms with Gasteiger partial charge in [-0.25, -0.2) is 0 Å². The van der Waals surface area contributed by atoms with Crippen LogP contribution in [0.25, 0.3) is 0 Å².